The molecule has 0 fully saturated rings. The van der Waals surface area contributed by atoms with Gasteiger partial charge in [0.2, 0.25) is 0 Å². The number of hydrogen-bond donors (Lipinski definition) is 2. The molecule has 7 heteroatoms. The Bertz CT molecular complexity index is 765. The van der Waals surface area contributed by atoms with Crippen LogP contribution in [0.15, 0.2) is 40.9 Å². The normalized spacial score (nSPS) is 10.1. The van der Waals surface area contributed by atoms with Crippen molar-refractivity contribution >= 4 is 50.9 Å². The van der Waals surface area contributed by atoms with Gasteiger partial charge in [0, 0.05) is 10.2 Å². The highest BCUT2D eigenvalue weighted by atomic mass is 79.9. The molecule has 5 nitrogen and oxygen atoms in total. The summed E-state index contributed by atoms with van der Waals surface area (Å²) in [6, 6.07) is 9.49. The van der Waals surface area contributed by atoms with Crippen LogP contribution in [0.3, 0.4) is 0 Å². The van der Waals surface area contributed by atoms with Gasteiger partial charge in [-0.3, -0.25) is 0 Å². The minimum absolute atomic E-state index is 0.297. The summed E-state index contributed by atoms with van der Waals surface area (Å²) in [6.07, 6.45) is 0. The summed E-state index contributed by atoms with van der Waals surface area (Å²) in [5, 5.41) is 5.62. The van der Waals surface area contributed by atoms with Gasteiger partial charge < -0.3 is 15.4 Å². The number of esters is 1. The van der Waals surface area contributed by atoms with Crippen molar-refractivity contribution in [3.63, 3.8) is 0 Å². The summed E-state index contributed by atoms with van der Waals surface area (Å²) in [5.74, 6) is -0.507. The summed E-state index contributed by atoms with van der Waals surface area (Å²) in [5.41, 5.74) is 2.30. The number of halogens is 2. The number of benzene rings is 2. The van der Waals surface area contributed by atoms with E-state index < -0.39 is 12.0 Å². The van der Waals surface area contributed by atoms with Gasteiger partial charge >= 0.3 is 12.0 Å². The molecule has 0 heterocycles. The van der Waals surface area contributed by atoms with Crippen molar-refractivity contribution in [1.82, 2.24) is 0 Å². The van der Waals surface area contributed by atoms with Crippen molar-refractivity contribution in [1.29, 1.82) is 0 Å². The SMILES string of the molecule is COC(=O)c1ccc(Cl)c(NC(=O)Nc2ccc(C)c(Br)c2)c1. The van der Waals surface area contributed by atoms with E-state index in [0.29, 0.717) is 22.0 Å². The summed E-state index contributed by atoms with van der Waals surface area (Å²) in [4.78, 5) is 23.6. The van der Waals surface area contributed by atoms with E-state index in [4.69, 9.17) is 11.6 Å². The van der Waals surface area contributed by atoms with E-state index in [1.165, 1.54) is 25.3 Å². The van der Waals surface area contributed by atoms with E-state index in [-0.39, 0.29) is 0 Å². The Kier molecular flexibility index (Phi) is 5.63. The van der Waals surface area contributed by atoms with E-state index >= 15 is 0 Å². The summed E-state index contributed by atoms with van der Waals surface area (Å²) < 4.78 is 5.53. The maximum Gasteiger partial charge on any atom is 0.337 e. The smallest absolute Gasteiger partial charge is 0.337 e. The van der Waals surface area contributed by atoms with E-state index in [1.54, 1.807) is 12.1 Å². The highest BCUT2D eigenvalue weighted by molar-refractivity contribution is 9.10. The van der Waals surface area contributed by atoms with Gasteiger partial charge in [-0.15, -0.1) is 0 Å². The molecule has 2 rings (SSSR count). The number of rotatable bonds is 3. The summed E-state index contributed by atoms with van der Waals surface area (Å²) >= 11 is 9.44. The van der Waals surface area contributed by atoms with Gasteiger partial charge in [-0.05, 0) is 42.8 Å². The fourth-order valence-electron chi connectivity index (χ4n) is 1.82. The Morgan fingerprint density at radius 3 is 2.52 bits per heavy atom. The molecule has 0 aliphatic heterocycles. The zero-order chi connectivity index (χ0) is 17.0. The average molecular weight is 398 g/mol. The van der Waals surface area contributed by atoms with Crippen LogP contribution in [0.1, 0.15) is 15.9 Å². The Morgan fingerprint density at radius 1 is 1.13 bits per heavy atom. The molecule has 0 aliphatic rings. The van der Waals surface area contributed by atoms with Crippen LogP contribution in [-0.2, 0) is 4.74 Å². The average Bonchev–Trinajstić information content (AvgIpc) is 2.52. The minimum atomic E-state index is -0.507. The summed E-state index contributed by atoms with van der Waals surface area (Å²) in [7, 11) is 1.28. The fourth-order valence-corrected chi connectivity index (χ4v) is 2.36. The molecule has 120 valence electrons. The first kappa shape index (κ1) is 17.3. The quantitative estimate of drug-likeness (QED) is 0.728. The van der Waals surface area contributed by atoms with Gasteiger partial charge in [0.15, 0.2) is 0 Å². The lowest BCUT2D eigenvalue weighted by atomic mass is 10.2. The Morgan fingerprint density at radius 2 is 1.87 bits per heavy atom. The van der Waals surface area contributed by atoms with Gasteiger partial charge in [-0.25, -0.2) is 9.59 Å². The highest BCUT2D eigenvalue weighted by Crippen LogP contribution is 2.24. The fraction of sp³-hybridized carbons (Fsp3) is 0.125. The van der Waals surface area contributed by atoms with Gasteiger partial charge in [0.25, 0.3) is 0 Å². The van der Waals surface area contributed by atoms with E-state index in [2.05, 4.69) is 31.3 Å². The zero-order valence-electron chi connectivity index (χ0n) is 12.4. The third kappa shape index (κ3) is 4.46. The molecular formula is C16H14BrClN2O3. The molecular weight excluding hydrogens is 384 g/mol. The summed E-state index contributed by atoms with van der Waals surface area (Å²) in [6.45, 7) is 1.95. The number of amides is 2. The number of ether oxygens (including phenoxy) is 1. The maximum absolute atomic E-state index is 12.1. The largest absolute Gasteiger partial charge is 0.465 e. The Hall–Kier alpha value is -2.05. The van der Waals surface area contributed by atoms with Crippen molar-refractivity contribution in [2.45, 2.75) is 6.92 Å². The van der Waals surface area contributed by atoms with Crippen LogP contribution in [0.4, 0.5) is 16.2 Å². The van der Waals surface area contributed by atoms with Crippen LogP contribution in [0.25, 0.3) is 0 Å². The minimum Gasteiger partial charge on any atom is -0.465 e. The lowest BCUT2D eigenvalue weighted by Gasteiger charge is -2.11. The van der Waals surface area contributed by atoms with E-state index in [1.807, 2.05) is 13.0 Å². The van der Waals surface area contributed by atoms with Crippen molar-refractivity contribution < 1.29 is 14.3 Å². The van der Waals surface area contributed by atoms with Gasteiger partial charge in [0.1, 0.15) is 0 Å². The number of carbonyl (C=O) groups is 2. The second-order valence-corrected chi connectivity index (χ2v) is 5.99. The standard InChI is InChI=1S/C16H14BrClN2O3/c1-9-3-5-11(8-12(9)17)19-16(22)20-14-7-10(15(21)23-2)4-6-13(14)18/h3-8H,1-2H3,(H2,19,20,22). The van der Waals surface area contributed by atoms with Crippen molar-refractivity contribution in [2.75, 3.05) is 17.7 Å². The van der Waals surface area contributed by atoms with Crippen LogP contribution in [0.5, 0.6) is 0 Å². The molecule has 0 aliphatic carbocycles. The van der Waals surface area contributed by atoms with Crippen molar-refractivity contribution in [2.24, 2.45) is 0 Å². The van der Waals surface area contributed by atoms with Crippen LogP contribution in [-0.4, -0.2) is 19.1 Å². The molecule has 0 saturated heterocycles. The number of carbonyl (C=O) groups excluding carboxylic acids is 2. The molecule has 0 radical (unpaired) electrons. The number of hydrogen-bond acceptors (Lipinski definition) is 3. The molecule has 2 aromatic rings. The Balaban J connectivity index is 2.13. The van der Waals surface area contributed by atoms with Crippen molar-refractivity contribution in [3.8, 4) is 0 Å². The van der Waals surface area contributed by atoms with Crippen LogP contribution in [0.2, 0.25) is 5.02 Å². The molecule has 0 bridgehead atoms. The first-order valence-electron chi connectivity index (χ1n) is 6.62. The second-order valence-electron chi connectivity index (χ2n) is 4.73. The zero-order valence-corrected chi connectivity index (χ0v) is 14.8. The molecule has 2 aromatic carbocycles. The molecule has 0 atom stereocenters. The highest BCUT2D eigenvalue weighted by Gasteiger charge is 2.11. The molecule has 2 N–H and O–H groups in total. The molecule has 0 saturated carbocycles. The second kappa shape index (κ2) is 7.48. The number of urea groups is 1. The predicted octanol–water partition coefficient (Wildman–Crippen LogP) is 4.84. The topological polar surface area (TPSA) is 67.4 Å². The van der Waals surface area contributed by atoms with Crippen molar-refractivity contribution in [3.05, 3.63) is 57.0 Å². The monoisotopic (exact) mass is 396 g/mol. The first-order chi connectivity index (χ1) is 10.9. The molecule has 0 unspecified atom stereocenters. The third-order valence-electron chi connectivity index (χ3n) is 3.07. The van der Waals surface area contributed by atoms with Gasteiger partial charge in [-0.2, -0.15) is 0 Å². The number of anilines is 2. The number of nitrogens with one attached hydrogen (secondary N) is 2. The lowest BCUT2D eigenvalue weighted by Crippen LogP contribution is -2.20. The Labute approximate surface area is 147 Å². The molecule has 23 heavy (non-hydrogen) atoms. The number of methoxy groups -OCH3 is 1. The van der Waals surface area contributed by atoms with Crippen LogP contribution in [0, 0.1) is 6.92 Å². The third-order valence-corrected chi connectivity index (χ3v) is 4.25. The van der Waals surface area contributed by atoms with E-state index in [9.17, 15) is 9.59 Å². The first-order valence-corrected chi connectivity index (χ1v) is 7.80. The van der Waals surface area contributed by atoms with E-state index in [0.717, 1.165) is 10.0 Å². The van der Waals surface area contributed by atoms with Gasteiger partial charge in [0.05, 0.1) is 23.4 Å². The molecule has 0 spiro atoms. The van der Waals surface area contributed by atoms with Crippen LogP contribution >= 0.6 is 27.5 Å². The van der Waals surface area contributed by atoms with Gasteiger partial charge in [-0.1, -0.05) is 33.6 Å². The number of aryl methyl sites for hydroxylation is 1. The molecule has 0 aromatic heterocycles. The van der Waals surface area contributed by atoms with Crippen LogP contribution < -0.4 is 10.6 Å². The molecule has 2 amide bonds. The maximum atomic E-state index is 12.1. The predicted molar refractivity (Wildman–Crippen MR) is 94.3 cm³/mol. The lowest BCUT2D eigenvalue weighted by molar-refractivity contribution is 0.0600.